The predicted molar refractivity (Wildman–Crippen MR) is 120 cm³/mol. The van der Waals surface area contributed by atoms with Crippen LogP contribution in [0.15, 0.2) is 71.8 Å². The van der Waals surface area contributed by atoms with Crippen LogP contribution in [0.1, 0.15) is 12.5 Å². The topological polar surface area (TPSA) is 80.2 Å². The lowest BCUT2D eigenvalue weighted by Crippen LogP contribution is -2.27. The molecule has 7 heteroatoms. The van der Waals surface area contributed by atoms with Gasteiger partial charge < -0.3 is 14.4 Å². The van der Waals surface area contributed by atoms with Gasteiger partial charge in [-0.25, -0.2) is 5.43 Å². The van der Waals surface area contributed by atoms with Crippen molar-refractivity contribution in [1.29, 1.82) is 0 Å². The molecule has 0 unspecified atom stereocenters. The molecule has 3 aromatic rings. The molecule has 31 heavy (non-hydrogen) atoms. The minimum absolute atomic E-state index is 0.0211. The van der Waals surface area contributed by atoms with E-state index in [9.17, 15) is 9.59 Å². The first-order chi connectivity index (χ1) is 14.9. The third kappa shape index (κ3) is 6.30. The second-order valence-corrected chi connectivity index (χ2v) is 7.13. The van der Waals surface area contributed by atoms with Gasteiger partial charge in [0.15, 0.2) is 13.2 Å². The van der Waals surface area contributed by atoms with Gasteiger partial charge in [-0.2, -0.15) is 5.10 Å². The van der Waals surface area contributed by atoms with Gasteiger partial charge in [-0.1, -0.05) is 30.3 Å². The smallest absolute Gasteiger partial charge is 0.277 e. The number of nitrogens with one attached hydrogen (secondary N) is 1. The van der Waals surface area contributed by atoms with E-state index in [1.807, 2.05) is 54.6 Å². The van der Waals surface area contributed by atoms with Crippen LogP contribution in [-0.2, 0) is 9.59 Å². The second kappa shape index (κ2) is 10.2. The van der Waals surface area contributed by atoms with Gasteiger partial charge in [0, 0.05) is 14.1 Å². The molecule has 2 amide bonds. The van der Waals surface area contributed by atoms with Crippen molar-refractivity contribution >= 4 is 28.3 Å². The lowest BCUT2D eigenvalue weighted by molar-refractivity contribution is -0.130. The van der Waals surface area contributed by atoms with Gasteiger partial charge in [-0.15, -0.1) is 0 Å². The number of hydrogen-bond acceptors (Lipinski definition) is 5. The summed E-state index contributed by atoms with van der Waals surface area (Å²) < 4.78 is 11.0. The Kier molecular flexibility index (Phi) is 7.22. The van der Waals surface area contributed by atoms with Crippen molar-refractivity contribution in [3.8, 4) is 11.5 Å². The number of carbonyl (C=O) groups excluding carboxylic acids is 2. The van der Waals surface area contributed by atoms with Gasteiger partial charge in [0.1, 0.15) is 11.5 Å². The van der Waals surface area contributed by atoms with Crippen LogP contribution in [0.25, 0.3) is 10.8 Å². The Balaban J connectivity index is 1.49. The Morgan fingerprint density at radius 3 is 2.23 bits per heavy atom. The molecule has 0 bridgehead atoms. The maximum absolute atomic E-state index is 12.1. The van der Waals surface area contributed by atoms with Gasteiger partial charge >= 0.3 is 0 Å². The third-order valence-electron chi connectivity index (χ3n) is 4.57. The highest BCUT2D eigenvalue weighted by Gasteiger charge is 2.06. The predicted octanol–water partition coefficient (Wildman–Crippen LogP) is 3.23. The minimum Gasteiger partial charge on any atom is -0.484 e. The highest BCUT2D eigenvalue weighted by molar-refractivity contribution is 5.99. The van der Waals surface area contributed by atoms with E-state index >= 15 is 0 Å². The Labute approximate surface area is 181 Å². The number of ether oxygens (including phenoxy) is 2. The van der Waals surface area contributed by atoms with Crippen molar-refractivity contribution in [2.45, 2.75) is 6.92 Å². The van der Waals surface area contributed by atoms with Crippen molar-refractivity contribution in [3.63, 3.8) is 0 Å². The SMILES string of the molecule is C/C(=N\NC(=O)COc1ccc2ccccc2c1)c1ccc(OCC(=O)N(C)C)cc1. The number of likely N-dealkylation sites (N-methyl/N-ethyl adjacent to an activating group) is 1. The molecule has 7 nitrogen and oxygen atoms in total. The van der Waals surface area contributed by atoms with Gasteiger partial charge in [0.05, 0.1) is 5.71 Å². The fourth-order valence-corrected chi connectivity index (χ4v) is 2.72. The number of nitrogens with zero attached hydrogens (tertiary/aromatic N) is 2. The van der Waals surface area contributed by atoms with Gasteiger partial charge in [-0.05, 0) is 59.7 Å². The number of fused-ring (bicyclic) bond motifs is 1. The lowest BCUT2D eigenvalue weighted by Gasteiger charge is -2.11. The van der Waals surface area contributed by atoms with Crippen molar-refractivity contribution in [3.05, 3.63) is 72.3 Å². The van der Waals surface area contributed by atoms with E-state index in [1.165, 1.54) is 4.90 Å². The number of carbonyl (C=O) groups is 2. The molecule has 0 radical (unpaired) electrons. The van der Waals surface area contributed by atoms with Crippen LogP contribution in [0.3, 0.4) is 0 Å². The summed E-state index contributed by atoms with van der Waals surface area (Å²) in [5.74, 6) is 0.738. The molecule has 0 saturated carbocycles. The zero-order valence-electron chi connectivity index (χ0n) is 17.8. The van der Waals surface area contributed by atoms with Crippen molar-refractivity contribution in [2.24, 2.45) is 5.10 Å². The number of benzene rings is 3. The summed E-state index contributed by atoms with van der Waals surface area (Å²) in [4.78, 5) is 25.1. The van der Waals surface area contributed by atoms with E-state index in [0.29, 0.717) is 17.2 Å². The molecule has 0 spiro atoms. The summed E-state index contributed by atoms with van der Waals surface area (Å²) in [5, 5.41) is 6.28. The van der Waals surface area contributed by atoms with E-state index in [2.05, 4.69) is 10.5 Å². The first-order valence-corrected chi connectivity index (χ1v) is 9.80. The highest BCUT2D eigenvalue weighted by Crippen LogP contribution is 2.20. The normalized spacial score (nSPS) is 11.1. The van der Waals surface area contributed by atoms with Crippen LogP contribution in [0.4, 0.5) is 0 Å². The number of hydrazone groups is 1. The van der Waals surface area contributed by atoms with Crippen molar-refractivity contribution in [2.75, 3.05) is 27.3 Å². The number of rotatable bonds is 8. The molecule has 1 N–H and O–H groups in total. The monoisotopic (exact) mass is 419 g/mol. The maximum Gasteiger partial charge on any atom is 0.277 e. The molecule has 0 aliphatic heterocycles. The van der Waals surface area contributed by atoms with Crippen LogP contribution in [0, 0.1) is 0 Å². The molecule has 0 fully saturated rings. The van der Waals surface area contributed by atoms with E-state index in [1.54, 1.807) is 33.2 Å². The zero-order chi connectivity index (χ0) is 22.2. The van der Waals surface area contributed by atoms with Crippen LogP contribution in [-0.4, -0.2) is 49.7 Å². The van der Waals surface area contributed by atoms with E-state index < -0.39 is 0 Å². The molecule has 3 aromatic carbocycles. The van der Waals surface area contributed by atoms with Gasteiger partial charge in [0.25, 0.3) is 11.8 Å². The standard InChI is InChI=1S/C24H25N3O4/c1-17(18-8-11-21(12-9-18)31-16-24(29)27(2)3)25-26-23(28)15-30-22-13-10-19-6-4-5-7-20(19)14-22/h4-14H,15-16H2,1-3H3,(H,26,28)/b25-17+. The molecular formula is C24H25N3O4. The summed E-state index contributed by atoms with van der Waals surface area (Å²) in [6.07, 6.45) is 0. The molecule has 0 aliphatic carbocycles. The summed E-state index contributed by atoms with van der Waals surface area (Å²) in [6, 6.07) is 20.8. The average Bonchev–Trinajstić information content (AvgIpc) is 2.79. The Morgan fingerprint density at radius 2 is 1.52 bits per heavy atom. The van der Waals surface area contributed by atoms with Crippen LogP contribution < -0.4 is 14.9 Å². The van der Waals surface area contributed by atoms with Gasteiger partial charge in [0.2, 0.25) is 0 Å². The lowest BCUT2D eigenvalue weighted by atomic mass is 10.1. The Hall–Kier alpha value is -3.87. The molecule has 0 saturated heterocycles. The zero-order valence-corrected chi connectivity index (χ0v) is 17.8. The molecule has 0 atom stereocenters. The second-order valence-electron chi connectivity index (χ2n) is 7.13. The van der Waals surface area contributed by atoms with Crippen LogP contribution in [0.5, 0.6) is 11.5 Å². The highest BCUT2D eigenvalue weighted by atomic mass is 16.5. The van der Waals surface area contributed by atoms with Crippen LogP contribution >= 0.6 is 0 Å². The maximum atomic E-state index is 12.1. The first-order valence-electron chi connectivity index (χ1n) is 9.80. The van der Waals surface area contributed by atoms with Crippen molar-refractivity contribution < 1.29 is 19.1 Å². The molecule has 160 valence electrons. The fourth-order valence-electron chi connectivity index (χ4n) is 2.72. The molecule has 0 aromatic heterocycles. The molecule has 0 aliphatic rings. The fraction of sp³-hybridized carbons (Fsp3) is 0.208. The van der Waals surface area contributed by atoms with E-state index in [-0.39, 0.29) is 25.0 Å². The summed E-state index contributed by atoms with van der Waals surface area (Å²) in [6.45, 7) is 1.63. The summed E-state index contributed by atoms with van der Waals surface area (Å²) >= 11 is 0. The molecular weight excluding hydrogens is 394 g/mol. The first kappa shape index (κ1) is 21.8. The van der Waals surface area contributed by atoms with E-state index in [4.69, 9.17) is 9.47 Å². The van der Waals surface area contributed by atoms with Crippen LogP contribution in [0.2, 0.25) is 0 Å². The minimum atomic E-state index is -0.352. The molecule has 3 rings (SSSR count). The van der Waals surface area contributed by atoms with Gasteiger partial charge in [-0.3, -0.25) is 9.59 Å². The Bertz CT molecular complexity index is 1090. The number of hydrogen-bond donors (Lipinski definition) is 1. The largest absolute Gasteiger partial charge is 0.484 e. The summed E-state index contributed by atoms with van der Waals surface area (Å²) in [5.41, 5.74) is 3.95. The van der Waals surface area contributed by atoms with Crippen molar-refractivity contribution in [1.82, 2.24) is 10.3 Å². The quantitative estimate of drug-likeness (QED) is 0.449. The third-order valence-corrected chi connectivity index (χ3v) is 4.57. The van der Waals surface area contributed by atoms with E-state index in [0.717, 1.165) is 16.3 Å². The summed E-state index contributed by atoms with van der Waals surface area (Å²) in [7, 11) is 3.35. The number of amides is 2. The Morgan fingerprint density at radius 1 is 0.871 bits per heavy atom. The average molecular weight is 419 g/mol. The molecule has 0 heterocycles.